The Morgan fingerprint density at radius 2 is 1.79 bits per heavy atom. The SMILES string of the molecule is BC(=O)C(C)(C)CC(C)(C)c1ccc(N2C(=O)CC(SC(C)CCC)C2=O)cc1. The van der Waals surface area contributed by atoms with E-state index in [1.807, 2.05) is 38.1 Å². The lowest BCUT2D eigenvalue weighted by Gasteiger charge is -2.34. The molecule has 0 aliphatic carbocycles. The van der Waals surface area contributed by atoms with Crippen molar-refractivity contribution in [3.8, 4) is 0 Å². The number of carbonyl (C=O) groups is 3. The third kappa shape index (κ3) is 5.53. The Kier molecular flexibility index (Phi) is 7.42. The second-order valence-corrected chi connectivity index (χ2v) is 11.2. The summed E-state index contributed by atoms with van der Waals surface area (Å²) in [7, 11) is 1.64. The number of anilines is 1. The van der Waals surface area contributed by atoms with Crippen LogP contribution in [0.2, 0.25) is 0 Å². The predicted molar refractivity (Wildman–Crippen MR) is 124 cm³/mol. The molecule has 158 valence electrons. The van der Waals surface area contributed by atoms with Crippen LogP contribution in [0.15, 0.2) is 24.3 Å². The van der Waals surface area contributed by atoms with Crippen LogP contribution in [-0.4, -0.2) is 35.8 Å². The molecule has 1 aromatic rings. The fourth-order valence-corrected chi connectivity index (χ4v) is 5.52. The highest BCUT2D eigenvalue weighted by Crippen LogP contribution is 2.38. The lowest BCUT2D eigenvalue weighted by atomic mass is 9.66. The molecule has 29 heavy (non-hydrogen) atoms. The normalized spacial score (nSPS) is 19.0. The van der Waals surface area contributed by atoms with E-state index >= 15 is 0 Å². The minimum atomic E-state index is -0.400. The molecule has 1 aliphatic heterocycles. The lowest BCUT2D eigenvalue weighted by molar-refractivity contribution is -0.121. The zero-order valence-electron chi connectivity index (χ0n) is 18.9. The van der Waals surface area contributed by atoms with E-state index in [4.69, 9.17) is 0 Å². The monoisotopic (exact) mass is 415 g/mol. The molecule has 1 fully saturated rings. The van der Waals surface area contributed by atoms with Gasteiger partial charge in [0.1, 0.15) is 0 Å². The van der Waals surface area contributed by atoms with Gasteiger partial charge in [0, 0.05) is 17.1 Å². The van der Waals surface area contributed by atoms with Crippen LogP contribution >= 0.6 is 11.8 Å². The van der Waals surface area contributed by atoms with Gasteiger partial charge in [-0.05, 0) is 36.0 Å². The molecule has 1 heterocycles. The summed E-state index contributed by atoms with van der Waals surface area (Å²) in [6, 6.07) is 7.67. The first-order chi connectivity index (χ1) is 13.4. The molecule has 0 aromatic heterocycles. The molecule has 2 unspecified atom stereocenters. The van der Waals surface area contributed by atoms with Gasteiger partial charge in [-0.15, -0.1) is 11.8 Å². The third-order valence-electron chi connectivity index (χ3n) is 5.94. The second-order valence-electron chi connectivity index (χ2n) is 9.54. The molecule has 1 saturated heterocycles. The molecule has 0 spiro atoms. The highest BCUT2D eigenvalue weighted by molar-refractivity contribution is 8.01. The fraction of sp³-hybridized carbons (Fsp3) is 0.609. The first-order valence-corrected chi connectivity index (χ1v) is 11.5. The quantitative estimate of drug-likeness (QED) is 0.450. The largest absolute Gasteiger partial charge is 0.311 e. The standard InChI is InChI=1S/C23H34BNO3S/c1-7-8-15(2)29-18-13-19(26)25(20(18)27)17-11-9-16(10-12-17)22(3,4)14-23(5,6)21(24)28/h9-12,15,18H,7-8,13-14,24H2,1-6H3. The summed E-state index contributed by atoms with van der Waals surface area (Å²) < 4.78 is 0. The number of hydrogen-bond donors (Lipinski definition) is 0. The van der Waals surface area contributed by atoms with Crippen molar-refractivity contribution in [3.05, 3.63) is 29.8 Å². The number of carbonyl (C=O) groups excluding carboxylic acids is 3. The molecule has 2 amide bonds. The maximum Gasteiger partial charge on any atom is 0.247 e. The van der Waals surface area contributed by atoms with E-state index in [1.54, 1.807) is 19.6 Å². The number of amides is 2. The van der Waals surface area contributed by atoms with Gasteiger partial charge < -0.3 is 4.79 Å². The van der Waals surface area contributed by atoms with Gasteiger partial charge in [0.25, 0.3) is 0 Å². The van der Waals surface area contributed by atoms with Gasteiger partial charge in [-0.3, -0.25) is 9.59 Å². The Hall–Kier alpha value is -1.56. The first-order valence-electron chi connectivity index (χ1n) is 10.5. The molecule has 0 N–H and O–H groups in total. The number of imide groups is 1. The number of rotatable bonds is 9. The Balaban J connectivity index is 2.16. The minimum absolute atomic E-state index is 0.104. The van der Waals surface area contributed by atoms with Crippen LogP contribution in [0, 0.1) is 5.41 Å². The molecule has 1 aromatic carbocycles. The average molecular weight is 415 g/mol. The Labute approximate surface area is 180 Å². The van der Waals surface area contributed by atoms with Gasteiger partial charge >= 0.3 is 0 Å². The zero-order chi connectivity index (χ0) is 22.0. The van der Waals surface area contributed by atoms with Crippen molar-refractivity contribution in [2.45, 2.75) is 83.1 Å². The zero-order valence-corrected chi connectivity index (χ0v) is 19.7. The van der Waals surface area contributed by atoms with Gasteiger partial charge in [-0.2, -0.15) is 0 Å². The van der Waals surface area contributed by atoms with Gasteiger partial charge in [-0.25, -0.2) is 4.90 Å². The van der Waals surface area contributed by atoms with Gasteiger partial charge in [0.15, 0.2) is 7.85 Å². The smallest absolute Gasteiger partial charge is 0.247 e. The molecule has 0 radical (unpaired) electrons. The Bertz CT molecular complexity index is 773. The highest BCUT2D eigenvalue weighted by Gasteiger charge is 2.40. The Morgan fingerprint density at radius 3 is 2.31 bits per heavy atom. The lowest BCUT2D eigenvalue weighted by Crippen LogP contribution is -2.33. The summed E-state index contributed by atoms with van der Waals surface area (Å²) in [5.74, 6) is -0.228. The van der Waals surface area contributed by atoms with Crippen LogP contribution < -0.4 is 4.90 Å². The van der Waals surface area contributed by atoms with Gasteiger partial charge in [-0.1, -0.05) is 60.1 Å². The molecule has 0 saturated carbocycles. The van der Waals surface area contributed by atoms with E-state index in [0.717, 1.165) is 24.8 Å². The molecule has 1 aliphatic rings. The Morgan fingerprint density at radius 1 is 1.21 bits per heavy atom. The van der Waals surface area contributed by atoms with Crippen LogP contribution in [0.4, 0.5) is 5.69 Å². The van der Waals surface area contributed by atoms with E-state index < -0.39 is 5.41 Å². The van der Waals surface area contributed by atoms with Gasteiger partial charge in [0.05, 0.1) is 16.6 Å². The van der Waals surface area contributed by atoms with Gasteiger partial charge in [0.2, 0.25) is 11.8 Å². The topological polar surface area (TPSA) is 54.5 Å². The maximum absolute atomic E-state index is 12.8. The molecule has 2 rings (SSSR count). The second kappa shape index (κ2) is 9.07. The molecule has 2 atom stereocenters. The van der Waals surface area contributed by atoms with Crippen molar-refractivity contribution in [3.63, 3.8) is 0 Å². The van der Waals surface area contributed by atoms with Crippen LogP contribution in [0.3, 0.4) is 0 Å². The molecule has 6 heteroatoms. The molecular weight excluding hydrogens is 381 g/mol. The van der Waals surface area contributed by atoms with Crippen LogP contribution in [0.5, 0.6) is 0 Å². The minimum Gasteiger partial charge on any atom is -0.311 e. The van der Waals surface area contributed by atoms with E-state index in [-0.39, 0.29) is 34.6 Å². The summed E-state index contributed by atoms with van der Waals surface area (Å²) in [6.07, 6.45) is 3.12. The van der Waals surface area contributed by atoms with Crippen molar-refractivity contribution < 1.29 is 14.4 Å². The number of hydrogen-bond acceptors (Lipinski definition) is 4. The molecule has 0 bridgehead atoms. The van der Waals surface area contributed by atoms with Crippen molar-refractivity contribution in [1.82, 2.24) is 0 Å². The number of benzene rings is 1. The predicted octanol–water partition coefficient (Wildman–Crippen LogP) is 4.09. The number of nitrogens with zero attached hydrogens (tertiary/aromatic N) is 1. The van der Waals surface area contributed by atoms with E-state index in [0.29, 0.717) is 10.9 Å². The summed E-state index contributed by atoms with van der Waals surface area (Å²) in [5.41, 5.74) is 1.31. The van der Waals surface area contributed by atoms with E-state index in [1.165, 1.54) is 4.90 Å². The summed E-state index contributed by atoms with van der Waals surface area (Å²) in [4.78, 5) is 38.7. The summed E-state index contributed by atoms with van der Waals surface area (Å²) in [5, 5.41) is 0.0889. The van der Waals surface area contributed by atoms with Crippen LogP contribution in [0.1, 0.15) is 72.8 Å². The van der Waals surface area contributed by atoms with Crippen molar-refractivity contribution >= 4 is 42.8 Å². The van der Waals surface area contributed by atoms with Crippen molar-refractivity contribution in [2.75, 3.05) is 4.90 Å². The third-order valence-corrected chi connectivity index (χ3v) is 7.34. The fourth-order valence-electron chi connectivity index (χ4n) is 4.13. The summed E-state index contributed by atoms with van der Waals surface area (Å²) >= 11 is 1.61. The molecular formula is C23H34BNO3S. The van der Waals surface area contributed by atoms with Crippen molar-refractivity contribution in [1.29, 1.82) is 0 Å². The van der Waals surface area contributed by atoms with Crippen LogP contribution in [-0.2, 0) is 19.8 Å². The number of thioether (sulfide) groups is 1. The highest BCUT2D eigenvalue weighted by atomic mass is 32.2. The van der Waals surface area contributed by atoms with Crippen molar-refractivity contribution in [2.24, 2.45) is 5.41 Å². The summed E-state index contributed by atoms with van der Waals surface area (Å²) in [6.45, 7) is 12.5. The van der Waals surface area contributed by atoms with E-state index in [9.17, 15) is 14.4 Å². The first kappa shape index (κ1) is 23.7. The van der Waals surface area contributed by atoms with E-state index in [2.05, 4.69) is 27.7 Å². The molecule has 4 nitrogen and oxygen atoms in total. The maximum atomic E-state index is 12.8. The van der Waals surface area contributed by atoms with Crippen LogP contribution in [0.25, 0.3) is 0 Å². The average Bonchev–Trinajstić information content (AvgIpc) is 2.87.